The third kappa shape index (κ3) is 3.88. The van der Waals surface area contributed by atoms with E-state index in [9.17, 15) is 9.59 Å². The molecule has 25 heavy (non-hydrogen) atoms. The van der Waals surface area contributed by atoms with Crippen molar-refractivity contribution in [3.05, 3.63) is 72.0 Å². The lowest BCUT2D eigenvalue weighted by atomic mass is 10.2. The molecule has 0 N–H and O–H groups in total. The van der Waals surface area contributed by atoms with E-state index in [1.54, 1.807) is 26.1 Å². The summed E-state index contributed by atoms with van der Waals surface area (Å²) in [6.07, 6.45) is -0.894. The lowest BCUT2D eigenvalue weighted by molar-refractivity contribution is -0.139. The Morgan fingerprint density at radius 2 is 1.76 bits per heavy atom. The molecule has 0 fully saturated rings. The van der Waals surface area contributed by atoms with E-state index < -0.39 is 12.1 Å². The number of carbonyl (C=O) groups excluding carboxylic acids is 2. The largest absolute Gasteiger partial charge is 0.449 e. The van der Waals surface area contributed by atoms with Crippen molar-refractivity contribution in [1.82, 2.24) is 4.90 Å². The van der Waals surface area contributed by atoms with Crippen molar-refractivity contribution >= 4 is 22.8 Å². The minimum absolute atomic E-state index is 0.0894. The van der Waals surface area contributed by atoms with E-state index >= 15 is 0 Å². The number of fused-ring (bicyclic) bond motifs is 1. The summed E-state index contributed by atoms with van der Waals surface area (Å²) in [5.41, 5.74) is 1.61. The van der Waals surface area contributed by atoms with Gasteiger partial charge in [-0.15, -0.1) is 0 Å². The minimum Gasteiger partial charge on any atom is -0.449 e. The zero-order valence-corrected chi connectivity index (χ0v) is 14.1. The molecule has 5 heteroatoms. The van der Waals surface area contributed by atoms with E-state index in [-0.39, 0.29) is 11.7 Å². The molecule has 0 aliphatic rings. The van der Waals surface area contributed by atoms with Gasteiger partial charge in [0.15, 0.2) is 6.10 Å². The van der Waals surface area contributed by atoms with Crippen LogP contribution in [0.4, 0.5) is 0 Å². The molecule has 0 aliphatic carbocycles. The van der Waals surface area contributed by atoms with Gasteiger partial charge in [-0.05, 0) is 24.6 Å². The number of hydrogen-bond acceptors (Lipinski definition) is 4. The highest BCUT2D eigenvalue weighted by atomic mass is 16.6. The number of rotatable bonds is 5. The Hall–Kier alpha value is -3.08. The van der Waals surface area contributed by atoms with Crippen LogP contribution in [0.3, 0.4) is 0 Å². The lowest BCUT2D eigenvalue weighted by Gasteiger charge is -2.21. The van der Waals surface area contributed by atoms with Gasteiger partial charge in [0.2, 0.25) is 5.76 Å². The Kier molecular flexibility index (Phi) is 4.84. The van der Waals surface area contributed by atoms with Gasteiger partial charge in [-0.25, -0.2) is 4.79 Å². The zero-order valence-electron chi connectivity index (χ0n) is 14.1. The van der Waals surface area contributed by atoms with Crippen molar-refractivity contribution in [2.24, 2.45) is 0 Å². The number of ether oxygens (including phenoxy) is 1. The van der Waals surface area contributed by atoms with Crippen LogP contribution < -0.4 is 0 Å². The molecule has 1 heterocycles. The van der Waals surface area contributed by atoms with Crippen molar-refractivity contribution in [1.29, 1.82) is 0 Å². The molecule has 1 aromatic heterocycles. The van der Waals surface area contributed by atoms with Gasteiger partial charge in [0.1, 0.15) is 5.58 Å². The van der Waals surface area contributed by atoms with Crippen molar-refractivity contribution in [3.8, 4) is 0 Å². The number of amides is 1. The first-order chi connectivity index (χ1) is 12.0. The summed E-state index contributed by atoms with van der Waals surface area (Å²) in [5, 5.41) is 0.814. The second kappa shape index (κ2) is 7.21. The van der Waals surface area contributed by atoms with Crippen LogP contribution in [-0.2, 0) is 16.1 Å². The van der Waals surface area contributed by atoms with E-state index in [0.717, 1.165) is 10.9 Å². The molecule has 3 rings (SSSR count). The van der Waals surface area contributed by atoms with E-state index in [1.165, 1.54) is 4.90 Å². The number of para-hydroxylation sites is 1. The number of benzene rings is 2. The van der Waals surface area contributed by atoms with E-state index in [0.29, 0.717) is 12.1 Å². The molecule has 0 aliphatic heterocycles. The van der Waals surface area contributed by atoms with Crippen LogP contribution >= 0.6 is 0 Å². The summed E-state index contributed by atoms with van der Waals surface area (Å²) in [4.78, 5) is 26.2. The van der Waals surface area contributed by atoms with Crippen molar-refractivity contribution in [3.63, 3.8) is 0 Å². The summed E-state index contributed by atoms with van der Waals surface area (Å²) in [6.45, 7) is 2.01. The molecule has 0 saturated heterocycles. The topological polar surface area (TPSA) is 59.8 Å². The molecule has 0 radical (unpaired) electrons. The lowest BCUT2D eigenvalue weighted by Crippen LogP contribution is -2.37. The monoisotopic (exact) mass is 337 g/mol. The van der Waals surface area contributed by atoms with E-state index in [1.807, 2.05) is 48.5 Å². The van der Waals surface area contributed by atoms with Crippen LogP contribution in [0, 0.1) is 0 Å². The molecule has 0 unspecified atom stereocenters. The first-order valence-corrected chi connectivity index (χ1v) is 8.03. The Morgan fingerprint density at radius 3 is 2.48 bits per heavy atom. The van der Waals surface area contributed by atoms with Crippen LogP contribution in [-0.4, -0.2) is 29.9 Å². The average Bonchev–Trinajstić information content (AvgIpc) is 3.06. The predicted octanol–water partition coefficient (Wildman–Crippen LogP) is 3.64. The van der Waals surface area contributed by atoms with Crippen molar-refractivity contribution < 1.29 is 18.7 Å². The van der Waals surface area contributed by atoms with Gasteiger partial charge in [0.05, 0.1) is 0 Å². The maximum absolute atomic E-state index is 12.4. The average molecular weight is 337 g/mol. The van der Waals surface area contributed by atoms with Gasteiger partial charge in [-0.3, -0.25) is 4.79 Å². The van der Waals surface area contributed by atoms with Crippen LogP contribution in [0.5, 0.6) is 0 Å². The predicted molar refractivity (Wildman–Crippen MR) is 94.0 cm³/mol. The fourth-order valence-corrected chi connectivity index (χ4v) is 2.60. The number of carbonyl (C=O) groups is 2. The summed E-state index contributed by atoms with van der Waals surface area (Å²) in [5.74, 6) is -0.829. The third-order valence-electron chi connectivity index (χ3n) is 3.90. The maximum atomic E-state index is 12.4. The molecule has 128 valence electrons. The summed E-state index contributed by atoms with van der Waals surface area (Å²) in [7, 11) is 1.68. The number of likely N-dealkylation sites (N-methyl/N-ethyl adjacent to an activating group) is 1. The Bertz CT molecular complexity index is 852. The van der Waals surface area contributed by atoms with Crippen LogP contribution in [0.1, 0.15) is 23.0 Å². The van der Waals surface area contributed by atoms with E-state index in [4.69, 9.17) is 9.15 Å². The van der Waals surface area contributed by atoms with Gasteiger partial charge >= 0.3 is 5.97 Å². The highest BCUT2D eigenvalue weighted by Crippen LogP contribution is 2.20. The van der Waals surface area contributed by atoms with Crippen LogP contribution in [0.2, 0.25) is 0 Å². The highest BCUT2D eigenvalue weighted by molar-refractivity contribution is 5.94. The molecule has 3 aromatic rings. The van der Waals surface area contributed by atoms with Gasteiger partial charge in [-0.1, -0.05) is 48.5 Å². The van der Waals surface area contributed by atoms with Crippen molar-refractivity contribution in [2.45, 2.75) is 19.6 Å². The Morgan fingerprint density at radius 1 is 1.08 bits per heavy atom. The number of furan rings is 1. The van der Waals surface area contributed by atoms with Crippen LogP contribution in [0.15, 0.2) is 65.1 Å². The summed E-state index contributed by atoms with van der Waals surface area (Å²) >= 11 is 0. The second-order valence-corrected chi connectivity index (χ2v) is 5.88. The molecule has 1 atom stereocenters. The quantitative estimate of drug-likeness (QED) is 0.667. The van der Waals surface area contributed by atoms with Gasteiger partial charge in [0.25, 0.3) is 5.91 Å². The van der Waals surface area contributed by atoms with Gasteiger partial charge < -0.3 is 14.1 Å². The first kappa shape index (κ1) is 16.8. The number of esters is 1. The normalized spacial score (nSPS) is 11.9. The molecule has 2 aromatic carbocycles. The maximum Gasteiger partial charge on any atom is 0.375 e. The van der Waals surface area contributed by atoms with E-state index in [2.05, 4.69) is 0 Å². The zero-order chi connectivity index (χ0) is 17.8. The smallest absolute Gasteiger partial charge is 0.375 e. The minimum atomic E-state index is -0.894. The molecule has 5 nitrogen and oxygen atoms in total. The first-order valence-electron chi connectivity index (χ1n) is 8.03. The summed E-state index contributed by atoms with van der Waals surface area (Å²) in [6, 6.07) is 18.5. The molecule has 0 saturated carbocycles. The molecule has 0 spiro atoms. The third-order valence-corrected chi connectivity index (χ3v) is 3.90. The number of nitrogens with zero attached hydrogens (tertiary/aromatic N) is 1. The Balaban J connectivity index is 1.63. The van der Waals surface area contributed by atoms with Crippen LogP contribution in [0.25, 0.3) is 11.0 Å². The standard InChI is InChI=1S/C20H19NO4/c1-14(19(22)21(2)13-15-8-4-3-5-9-15)24-20(23)18-12-16-10-6-7-11-17(16)25-18/h3-12,14H,13H2,1-2H3/t14-/m1/s1. The molecule has 0 bridgehead atoms. The van der Waals surface area contributed by atoms with Gasteiger partial charge in [-0.2, -0.15) is 0 Å². The molecular formula is C20H19NO4. The second-order valence-electron chi connectivity index (χ2n) is 5.88. The molecular weight excluding hydrogens is 318 g/mol. The highest BCUT2D eigenvalue weighted by Gasteiger charge is 2.24. The molecule has 1 amide bonds. The number of hydrogen-bond donors (Lipinski definition) is 0. The fourth-order valence-electron chi connectivity index (χ4n) is 2.60. The Labute approximate surface area is 145 Å². The SMILES string of the molecule is C[C@@H](OC(=O)c1cc2ccccc2o1)C(=O)N(C)Cc1ccccc1. The van der Waals surface area contributed by atoms with Crippen molar-refractivity contribution in [2.75, 3.05) is 7.05 Å². The summed E-state index contributed by atoms with van der Waals surface area (Å²) < 4.78 is 10.7. The van der Waals surface area contributed by atoms with Gasteiger partial charge in [0, 0.05) is 19.0 Å². The fraction of sp³-hybridized carbons (Fsp3) is 0.200.